The molecule has 0 amide bonds. The molecule has 1 saturated carbocycles. The summed E-state index contributed by atoms with van der Waals surface area (Å²) < 4.78 is 0.873. The Kier molecular flexibility index (Phi) is 3.96. The number of aliphatic hydroxyl groups excluding tert-OH is 1. The first kappa shape index (κ1) is 14.2. The number of hydrogen-bond donors (Lipinski definition) is 2. The van der Waals surface area contributed by atoms with Gasteiger partial charge in [0.05, 0.1) is 17.2 Å². The maximum atomic E-state index is 9.84. The van der Waals surface area contributed by atoms with Crippen molar-refractivity contribution in [2.24, 2.45) is 5.41 Å². The second kappa shape index (κ2) is 5.03. The van der Waals surface area contributed by atoms with Gasteiger partial charge in [-0.1, -0.05) is 31.9 Å². The van der Waals surface area contributed by atoms with Gasteiger partial charge in [0.2, 0.25) is 0 Å². The van der Waals surface area contributed by atoms with Gasteiger partial charge in [0.25, 0.3) is 0 Å². The maximum Gasteiger partial charge on any atom is 0.0666 e. The molecule has 1 aromatic rings. The molecule has 2 rings (SSSR count). The van der Waals surface area contributed by atoms with Crippen LogP contribution in [0.3, 0.4) is 0 Å². The van der Waals surface area contributed by atoms with Crippen molar-refractivity contribution >= 4 is 33.2 Å². The summed E-state index contributed by atoms with van der Waals surface area (Å²) in [5.41, 5.74) is 0.851. The fourth-order valence-corrected chi connectivity index (χ4v) is 3.32. The summed E-state index contributed by atoms with van der Waals surface area (Å²) in [5, 5.41) is 14.1. The molecule has 0 bridgehead atoms. The molecular formula is C14H19BrClNO. The van der Waals surface area contributed by atoms with Crippen molar-refractivity contribution in [2.45, 2.75) is 38.6 Å². The third-order valence-electron chi connectivity index (χ3n) is 4.27. The van der Waals surface area contributed by atoms with Crippen LogP contribution in [0, 0.1) is 5.41 Å². The first-order chi connectivity index (χ1) is 8.40. The highest BCUT2D eigenvalue weighted by Gasteiger charge is 2.48. The predicted molar refractivity (Wildman–Crippen MR) is 80.2 cm³/mol. The van der Waals surface area contributed by atoms with E-state index in [1.165, 1.54) is 0 Å². The summed E-state index contributed by atoms with van der Waals surface area (Å²) in [6, 6.07) is 5.79. The van der Waals surface area contributed by atoms with Crippen LogP contribution in [-0.4, -0.2) is 17.3 Å². The zero-order chi connectivity index (χ0) is 13.4. The lowest BCUT2D eigenvalue weighted by molar-refractivity contribution is 0.128. The molecule has 1 aromatic carbocycles. The smallest absolute Gasteiger partial charge is 0.0666 e. The van der Waals surface area contributed by atoms with Crippen LogP contribution >= 0.6 is 27.5 Å². The average Bonchev–Trinajstić information content (AvgIpc) is 2.60. The van der Waals surface area contributed by atoms with E-state index < -0.39 is 0 Å². The van der Waals surface area contributed by atoms with Gasteiger partial charge in [-0.05, 0) is 52.4 Å². The van der Waals surface area contributed by atoms with Crippen molar-refractivity contribution in [3.05, 3.63) is 27.7 Å². The third kappa shape index (κ3) is 2.40. The zero-order valence-electron chi connectivity index (χ0n) is 10.8. The molecule has 1 unspecified atom stereocenters. The van der Waals surface area contributed by atoms with Gasteiger partial charge in [-0.25, -0.2) is 0 Å². The van der Waals surface area contributed by atoms with E-state index in [1.807, 2.05) is 18.2 Å². The summed E-state index contributed by atoms with van der Waals surface area (Å²) in [7, 11) is 0. The van der Waals surface area contributed by atoms with Crippen LogP contribution in [0.15, 0.2) is 22.7 Å². The fraction of sp³-hybridized carbons (Fsp3) is 0.571. The summed E-state index contributed by atoms with van der Waals surface area (Å²) in [4.78, 5) is 0. The Morgan fingerprint density at radius 1 is 1.39 bits per heavy atom. The first-order valence-corrected chi connectivity index (χ1v) is 7.41. The van der Waals surface area contributed by atoms with Crippen LogP contribution in [0.4, 0.5) is 5.69 Å². The number of hydrogen-bond acceptors (Lipinski definition) is 2. The SMILES string of the molecule is CC1(C)CCCC1(CO)Nc1ccc(Cl)c(Br)c1. The molecule has 1 atom stereocenters. The lowest BCUT2D eigenvalue weighted by Gasteiger charge is -2.41. The van der Waals surface area contributed by atoms with Crippen LogP contribution in [0.5, 0.6) is 0 Å². The van der Waals surface area contributed by atoms with Crippen molar-refractivity contribution in [3.8, 4) is 0 Å². The quantitative estimate of drug-likeness (QED) is 0.856. The van der Waals surface area contributed by atoms with E-state index in [2.05, 4.69) is 35.1 Å². The highest BCUT2D eigenvalue weighted by Crippen LogP contribution is 2.47. The molecule has 0 spiro atoms. The number of aliphatic hydroxyl groups is 1. The molecule has 100 valence electrons. The Labute approximate surface area is 122 Å². The Morgan fingerprint density at radius 2 is 2.11 bits per heavy atom. The molecule has 18 heavy (non-hydrogen) atoms. The van der Waals surface area contributed by atoms with Gasteiger partial charge in [-0.15, -0.1) is 0 Å². The van der Waals surface area contributed by atoms with E-state index in [0.717, 1.165) is 29.4 Å². The number of rotatable bonds is 3. The number of anilines is 1. The van der Waals surface area contributed by atoms with Crippen LogP contribution in [0.25, 0.3) is 0 Å². The predicted octanol–water partition coefficient (Wildman–Crippen LogP) is 4.46. The Balaban J connectivity index is 2.28. The molecule has 1 aliphatic carbocycles. The second-order valence-corrected chi connectivity index (χ2v) is 6.99. The molecule has 2 nitrogen and oxygen atoms in total. The highest BCUT2D eigenvalue weighted by atomic mass is 79.9. The van der Waals surface area contributed by atoms with E-state index in [1.54, 1.807) is 0 Å². The van der Waals surface area contributed by atoms with Crippen molar-refractivity contribution in [1.29, 1.82) is 0 Å². The summed E-state index contributed by atoms with van der Waals surface area (Å²) in [6.45, 7) is 4.59. The molecular weight excluding hydrogens is 314 g/mol. The number of nitrogens with one attached hydrogen (secondary N) is 1. The minimum absolute atomic E-state index is 0.0911. The summed E-state index contributed by atoms with van der Waals surface area (Å²) in [6.07, 6.45) is 3.28. The van der Waals surface area contributed by atoms with E-state index in [-0.39, 0.29) is 17.6 Å². The lowest BCUT2D eigenvalue weighted by atomic mass is 9.75. The molecule has 0 aliphatic heterocycles. The van der Waals surface area contributed by atoms with Gasteiger partial charge in [-0.2, -0.15) is 0 Å². The number of halogens is 2. The van der Waals surface area contributed by atoms with Gasteiger partial charge >= 0.3 is 0 Å². The van der Waals surface area contributed by atoms with Crippen LogP contribution in [0.1, 0.15) is 33.1 Å². The minimum Gasteiger partial charge on any atom is -0.394 e. The van der Waals surface area contributed by atoms with E-state index >= 15 is 0 Å². The average molecular weight is 333 g/mol. The largest absolute Gasteiger partial charge is 0.394 e. The monoisotopic (exact) mass is 331 g/mol. The van der Waals surface area contributed by atoms with Crippen molar-refractivity contribution < 1.29 is 5.11 Å². The van der Waals surface area contributed by atoms with Gasteiger partial charge in [0, 0.05) is 10.2 Å². The van der Waals surface area contributed by atoms with Gasteiger partial charge in [-0.3, -0.25) is 0 Å². The van der Waals surface area contributed by atoms with E-state index in [9.17, 15) is 5.11 Å². The van der Waals surface area contributed by atoms with E-state index in [4.69, 9.17) is 11.6 Å². The van der Waals surface area contributed by atoms with Gasteiger partial charge in [0.15, 0.2) is 0 Å². The Morgan fingerprint density at radius 3 is 2.61 bits per heavy atom. The van der Waals surface area contributed by atoms with Crippen LogP contribution in [0.2, 0.25) is 5.02 Å². The van der Waals surface area contributed by atoms with Gasteiger partial charge in [0.1, 0.15) is 0 Å². The van der Waals surface area contributed by atoms with Crippen LogP contribution in [-0.2, 0) is 0 Å². The summed E-state index contributed by atoms with van der Waals surface area (Å²) >= 11 is 9.43. The lowest BCUT2D eigenvalue weighted by Crippen LogP contribution is -2.50. The zero-order valence-corrected chi connectivity index (χ0v) is 13.1. The standard InChI is InChI=1S/C14H19BrClNO/c1-13(2)6-3-7-14(13,9-18)17-10-4-5-12(16)11(15)8-10/h4-5,8,17-18H,3,6-7,9H2,1-2H3. The third-order valence-corrected chi connectivity index (χ3v) is 5.49. The topological polar surface area (TPSA) is 32.3 Å². The molecule has 1 fully saturated rings. The first-order valence-electron chi connectivity index (χ1n) is 6.24. The number of benzene rings is 1. The Hall–Kier alpha value is -0.250. The fourth-order valence-electron chi connectivity index (χ4n) is 2.82. The van der Waals surface area contributed by atoms with E-state index in [0.29, 0.717) is 5.02 Å². The molecule has 0 aromatic heterocycles. The maximum absolute atomic E-state index is 9.84. The molecule has 4 heteroatoms. The molecule has 0 saturated heterocycles. The van der Waals surface area contributed by atoms with Crippen molar-refractivity contribution in [3.63, 3.8) is 0 Å². The molecule has 2 N–H and O–H groups in total. The molecule has 1 aliphatic rings. The molecule has 0 heterocycles. The summed E-state index contributed by atoms with van der Waals surface area (Å²) in [5.74, 6) is 0. The van der Waals surface area contributed by atoms with Gasteiger partial charge < -0.3 is 10.4 Å². The van der Waals surface area contributed by atoms with Crippen molar-refractivity contribution in [2.75, 3.05) is 11.9 Å². The Bertz CT molecular complexity index is 449. The molecule has 0 radical (unpaired) electrons. The van der Waals surface area contributed by atoms with Crippen LogP contribution < -0.4 is 5.32 Å². The normalized spacial score (nSPS) is 26.3. The highest BCUT2D eigenvalue weighted by molar-refractivity contribution is 9.10. The second-order valence-electron chi connectivity index (χ2n) is 5.73. The minimum atomic E-state index is -0.236. The van der Waals surface area contributed by atoms with Crippen molar-refractivity contribution in [1.82, 2.24) is 0 Å².